The van der Waals surface area contributed by atoms with Gasteiger partial charge in [-0.15, -0.1) is 5.10 Å². The van der Waals surface area contributed by atoms with Crippen LogP contribution in [-0.4, -0.2) is 34.2 Å². The number of aryl methyl sites for hydroxylation is 1. The quantitative estimate of drug-likeness (QED) is 0.928. The molecule has 2 aromatic rings. The van der Waals surface area contributed by atoms with E-state index in [1.54, 1.807) is 6.20 Å². The zero-order chi connectivity index (χ0) is 13.9. The molecule has 0 spiro atoms. The molecule has 1 N–H and O–H groups in total. The Balaban J connectivity index is 1.65. The predicted molar refractivity (Wildman–Crippen MR) is 79.4 cm³/mol. The van der Waals surface area contributed by atoms with E-state index in [1.807, 2.05) is 10.9 Å². The molecule has 0 radical (unpaired) electrons. The van der Waals surface area contributed by atoms with Crippen LogP contribution in [0.3, 0.4) is 0 Å². The third-order valence-corrected chi connectivity index (χ3v) is 4.33. The first-order valence-corrected chi connectivity index (χ1v) is 7.45. The fourth-order valence-electron chi connectivity index (χ4n) is 2.43. The molecule has 20 heavy (non-hydrogen) atoms. The summed E-state index contributed by atoms with van der Waals surface area (Å²) in [5, 5.41) is 11.5. The Morgan fingerprint density at radius 2 is 2.35 bits per heavy atom. The van der Waals surface area contributed by atoms with Gasteiger partial charge in [0.1, 0.15) is 0 Å². The van der Waals surface area contributed by atoms with E-state index in [0.717, 1.165) is 11.0 Å². The van der Waals surface area contributed by atoms with Crippen LogP contribution in [0.25, 0.3) is 0 Å². The number of rotatable bonds is 4. The number of halogens is 1. The number of hydrogen-bond acceptors (Lipinski definition) is 4. The Morgan fingerprint density at radius 3 is 3.10 bits per heavy atom. The number of aromatic nitrogens is 3. The van der Waals surface area contributed by atoms with Crippen LogP contribution in [0.15, 0.2) is 35.1 Å². The third-order valence-electron chi connectivity index (χ3n) is 3.59. The minimum Gasteiger partial charge on any atom is -0.377 e. The van der Waals surface area contributed by atoms with E-state index in [-0.39, 0.29) is 12.1 Å². The van der Waals surface area contributed by atoms with Crippen LogP contribution in [0.4, 0.5) is 0 Å². The van der Waals surface area contributed by atoms with Crippen LogP contribution in [0.2, 0.25) is 0 Å². The fourth-order valence-corrected chi connectivity index (χ4v) is 3.06. The number of nitrogens with one attached hydrogen (secondary N) is 1. The summed E-state index contributed by atoms with van der Waals surface area (Å²) in [5.74, 6) is 0. The van der Waals surface area contributed by atoms with Gasteiger partial charge in [0.25, 0.3) is 0 Å². The van der Waals surface area contributed by atoms with Crippen molar-refractivity contribution in [2.75, 3.05) is 13.2 Å². The molecule has 1 aliphatic heterocycles. The molecular formula is C14H17BrN4O. The van der Waals surface area contributed by atoms with Gasteiger partial charge in [-0.3, -0.25) is 0 Å². The number of nitrogens with zero attached hydrogens (tertiary/aromatic N) is 3. The highest BCUT2D eigenvalue weighted by Gasteiger charge is 2.29. The van der Waals surface area contributed by atoms with Gasteiger partial charge in [0.2, 0.25) is 0 Å². The largest absolute Gasteiger partial charge is 0.377 e. The van der Waals surface area contributed by atoms with Crippen LogP contribution in [0.1, 0.15) is 17.2 Å². The monoisotopic (exact) mass is 336 g/mol. The molecule has 2 heterocycles. The molecule has 1 saturated heterocycles. The summed E-state index contributed by atoms with van der Waals surface area (Å²) < 4.78 is 8.58. The highest BCUT2D eigenvalue weighted by molar-refractivity contribution is 9.10. The maximum absolute atomic E-state index is 5.57. The van der Waals surface area contributed by atoms with Crippen molar-refractivity contribution in [2.24, 2.45) is 0 Å². The van der Waals surface area contributed by atoms with Gasteiger partial charge in [-0.25, -0.2) is 4.68 Å². The molecule has 1 aromatic carbocycles. The molecule has 0 saturated carbocycles. The fraction of sp³-hybridized carbons (Fsp3) is 0.429. The van der Waals surface area contributed by atoms with Crippen molar-refractivity contribution in [2.45, 2.75) is 25.6 Å². The first kappa shape index (κ1) is 13.7. The second-order valence-electron chi connectivity index (χ2n) is 5.07. The van der Waals surface area contributed by atoms with Gasteiger partial charge in [-0.05, 0) is 24.1 Å². The molecule has 0 amide bonds. The molecule has 1 aromatic heterocycles. The minimum absolute atomic E-state index is 0.210. The lowest BCUT2D eigenvalue weighted by atomic mass is 10.1. The summed E-state index contributed by atoms with van der Waals surface area (Å²) in [6.45, 7) is 4.28. The molecule has 0 bridgehead atoms. The normalized spacial score (nSPS) is 22.3. The average molecular weight is 337 g/mol. The summed E-state index contributed by atoms with van der Waals surface area (Å²) in [4.78, 5) is 0. The number of hydrogen-bond donors (Lipinski definition) is 1. The highest BCUT2D eigenvalue weighted by Crippen LogP contribution is 2.21. The Hall–Kier alpha value is -1.24. The molecule has 5 nitrogen and oxygen atoms in total. The summed E-state index contributed by atoms with van der Waals surface area (Å²) >= 11 is 3.61. The van der Waals surface area contributed by atoms with E-state index >= 15 is 0 Å². The predicted octanol–water partition coefficient (Wildman–Crippen LogP) is 2.08. The average Bonchev–Trinajstić information content (AvgIpc) is 3.08. The molecule has 0 unspecified atom stereocenters. The van der Waals surface area contributed by atoms with E-state index in [1.165, 1.54) is 11.1 Å². The molecular weight excluding hydrogens is 320 g/mol. The smallest absolute Gasteiger partial charge is 0.0945 e. The van der Waals surface area contributed by atoms with Crippen molar-refractivity contribution in [3.63, 3.8) is 0 Å². The summed E-state index contributed by atoms with van der Waals surface area (Å²) in [6, 6.07) is 6.87. The Kier molecular flexibility index (Phi) is 4.14. The van der Waals surface area contributed by atoms with Gasteiger partial charge < -0.3 is 10.1 Å². The number of benzene rings is 1. The Morgan fingerprint density at radius 1 is 1.45 bits per heavy atom. The van der Waals surface area contributed by atoms with Crippen molar-refractivity contribution in [3.8, 4) is 0 Å². The molecule has 6 heteroatoms. The summed E-state index contributed by atoms with van der Waals surface area (Å²) in [6.07, 6.45) is 3.59. The maximum Gasteiger partial charge on any atom is 0.0945 e. The van der Waals surface area contributed by atoms with Crippen molar-refractivity contribution < 1.29 is 4.74 Å². The minimum atomic E-state index is 0.210. The molecule has 0 aliphatic carbocycles. The van der Waals surface area contributed by atoms with Gasteiger partial charge in [0.05, 0.1) is 31.5 Å². The van der Waals surface area contributed by atoms with Crippen LogP contribution < -0.4 is 5.32 Å². The Bertz CT molecular complexity index is 573. The van der Waals surface area contributed by atoms with Crippen molar-refractivity contribution in [1.82, 2.24) is 20.3 Å². The zero-order valence-electron chi connectivity index (χ0n) is 11.3. The lowest BCUT2D eigenvalue weighted by Gasteiger charge is -2.19. The molecule has 2 atom stereocenters. The van der Waals surface area contributed by atoms with E-state index < -0.39 is 0 Å². The first-order chi connectivity index (χ1) is 9.74. The van der Waals surface area contributed by atoms with E-state index in [0.29, 0.717) is 13.2 Å². The van der Waals surface area contributed by atoms with E-state index in [9.17, 15) is 0 Å². The van der Waals surface area contributed by atoms with Crippen LogP contribution in [0.5, 0.6) is 0 Å². The van der Waals surface area contributed by atoms with Crippen LogP contribution in [0, 0.1) is 6.92 Å². The van der Waals surface area contributed by atoms with Gasteiger partial charge in [-0.2, -0.15) is 0 Å². The zero-order valence-corrected chi connectivity index (χ0v) is 12.9. The van der Waals surface area contributed by atoms with Crippen molar-refractivity contribution >= 4 is 15.9 Å². The Labute approximate surface area is 126 Å². The number of ether oxygens (including phenoxy) is 1. The van der Waals surface area contributed by atoms with Gasteiger partial charge >= 0.3 is 0 Å². The first-order valence-electron chi connectivity index (χ1n) is 6.66. The van der Waals surface area contributed by atoms with Crippen LogP contribution >= 0.6 is 15.9 Å². The lowest BCUT2D eigenvalue weighted by Crippen LogP contribution is -2.36. The summed E-state index contributed by atoms with van der Waals surface area (Å²) in [7, 11) is 0. The SMILES string of the molecule is Cc1ccc(CN[C@H]2COC[C@H]2n2ccnn2)c(Br)c1. The van der Waals surface area contributed by atoms with Crippen molar-refractivity contribution in [3.05, 3.63) is 46.2 Å². The topological polar surface area (TPSA) is 52.0 Å². The standard InChI is InChI=1S/C14H17BrN4O/c1-10-2-3-11(12(15)6-10)7-16-13-8-20-9-14(13)19-5-4-17-18-19/h2-6,13-14,16H,7-9H2,1H3/t13-,14+/m0/s1. The summed E-state index contributed by atoms with van der Waals surface area (Å²) in [5.41, 5.74) is 2.50. The second-order valence-corrected chi connectivity index (χ2v) is 5.92. The van der Waals surface area contributed by atoms with Crippen LogP contribution in [-0.2, 0) is 11.3 Å². The van der Waals surface area contributed by atoms with E-state index in [4.69, 9.17) is 4.74 Å². The molecule has 3 rings (SSSR count). The van der Waals surface area contributed by atoms with Crippen molar-refractivity contribution in [1.29, 1.82) is 0 Å². The van der Waals surface area contributed by atoms with Gasteiger partial charge in [-0.1, -0.05) is 33.3 Å². The third kappa shape index (κ3) is 2.92. The maximum atomic E-state index is 5.57. The molecule has 1 aliphatic rings. The lowest BCUT2D eigenvalue weighted by molar-refractivity contribution is 0.181. The molecule has 106 valence electrons. The molecule has 1 fully saturated rings. The highest BCUT2D eigenvalue weighted by atomic mass is 79.9. The van der Waals surface area contributed by atoms with Gasteiger partial charge in [0.15, 0.2) is 0 Å². The van der Waals surface area contributed by atoms with E-state index in [2.05, 4.69) is 56.7 Å². The second kappa shape index (κ2) is 6.03. The van der Waals surface area contributed by atoms with Gasteiger partial charge in [0, 0.05) is 17.2 Å².